The minimum atomic E-state index is -3.25. The van der Waals surface area contributed by atoms with Crippen molar-refractivity contribution in [2.24, 2.45) is 0 Å². The van der Waals surface area contributed by atoms with Gasteiger partial charge in [-0.1, -0.05) is 0 Å². The van der Waals surface area contributed by atoms with E-state index >= 15 is 0 Å². The lowest BCUT2D eigenvalue weighted by atomic mass is 10.2. The van der Waals surface area contributed by atoms with Crippen LogP contribution in [-0.4, -0.2) is 19.9 Å². The topological polar surface area (TPSA) is 51.2 Å². The maximum Gasteiger partial charge on any atom is 0.253 e. The fourth-order valence-corrected chi connectivity index (χ4v) is 2.52. The molecule has 76 valence electrons. The number of hydrogen-bond acceptors (Lipinski definition) is 3. The predicted molar refractivity (Wildman–Crippen MR) is 57.4 cm³/mol. The molecule has 1 aromatic carbocycles. The summed E-state index contributed by atoms with van der Waals surface area (Å²) in [5, 5.41) is -0.628. The Balaban J connectivity index is 3.34. The molecular formula is C8H6BrClO3S. The summed E-state index contributed by atoms with van der Waals surface area (Å²) < 4.78 is 22.6. The molecule has 3 nitrogen and oxygen atoms in total. The third kappa shape index (κ3) is 2.56. The van der Waals surface area contributed by atoms with Crippen LogP contribution in [-0.2, 0) is 9.84 Å². The van der Waals surface area contributed by atoms with Gasteiger partial charge in [0.15, 0.2) is 9.84 Å². The van der Waals surface area contributed by atoms with Gasteiger partial charge in [-0.3, -0.25) is 4.79 Å². The quantitative estimate of drug-likeness (QED) is 0.787. The third-order valence-corrected chi connectivity index (χ3v) is 3.55. The van der Waals surface area contributed by atoms with E-state index in [1.165, 1.54) is 18.2 Å². The monoisotopic (exact) mass is 296 g/mol. The van der Waals surface area contributed by atoms with Crippen LogP contribution in [0.4, 0.5) is 0 Å². The van der Waals surface area contributed by atoms with Crippen LogP contribution in [0.25, 0.3) is 0 Å². The van der Waals surface area contributed by atoms with E-state index in [1.807, 2.05) is 0 Å². The number of hydrogen-bond donors (Lipinski definition) is 0. The second-order valence-corrected chi connectivity index (χ2v) is 5.90. The number of carbonyl (C=O) groups is 1. The molecule has 1 rings (SSSR count). The summed E-state index contributed by atoms with van der Waals surface area (Å²) in [7, 11) is -3.25. The van der Waals surface area contributed by atoms with Crippen molar-refractivity contribution in [3.8, 4) is 0 Å². The van der Waals surface area contributed by atoms with Crippen molar-refractivity contribution in [2.75, 3.05) is 6.26 Å². The molecule has 0 atom stereocenters. The van der Waals surface area contributed by atoms with Crippen molar-refractivity contribution < 1.29 is 13.2 Å². The van der Waals surface area contributed by atoms with Gasteiger partial charge in [0, 0.05) is 16.3 Å². The molecule has 0 saturated heterocycles. The van der Waals surface area contributed by atoms with Crippen LogP contribution in [0.5, 0.6) is 0 Å². The number of rotatable bonds is 2. The lowest BCUT2D eigenvalue weighted by molar-refractivity contribution is 0.108. The van der Waals surface area contributed by atoms with Gasteiger partial charge >= 0.3 is 0 Å². The van der Waals surface area contributed by atoms with Crippen molar-refractivity contribution in [3.05, 3.63) is 28.2 Å². The molecule has 0 heterocycles. The Morgan fingerprint density at radius 2 is 2.00 bits per heavy atom. The SMILES string of the molecule is CS(=O)(=O)c1ccc(C(=O)Cl)c(Br)c1. The average Bonchev–Trinajstić information content (AvgIpc) is 2.01. The van der Waals surface area contributed by atoms with Gasteiger partial charge in [0.05, 0.1) is 4.90 Å². The van der Waals surface area contributed by atoms with Gasteiger partial charge in [-0.25, -0.2) is 8.42 Å². The molecule has 0 radical (unpaired) electrons. The zero-order valence-electron chi connectivity index (χ0n) is 7.12. The van der Waals surface area contributed by atoms with E-state index in [9.17, 15) is 13.2 Å². The van der Waals surface area contributed by atoms with E-state index < -0.39 is 15.1 Å². The second kappa shape index (κ2) is 4.00. The first kappa shape index (κ1) is 11.7. The van der Waals surface area contributed by atoms with Crippen LogP contribution in [0, 0.1) is 0 Å². The van der Waals surface area contributed by atoms with E-state index in [0.29, 0.717) is 4.47 Å². The first-order chi connectivity index (χ1) is 6.32. The summed E-state index contributed by atoms with van der Waals surface area (Å²) in [6.07, 6.45) is 1.09. The number of benzene rings is 1. The number of sulfone groups is 1. The summed E-state index contributed by atoms with van der Waals surface area (Å²) in [6.45, 7) is 0. The maximum absolute atomic E-state index is 11.1. The molecule has 0 unspecified atom stereocenters. The minimum Gasteiger partial charge on any atom is -0.276 e. The molecule has 0 saturated carbocycles. The van der Waals surface area contributed by atoms with Gasteiger partial charge in [-0.05, 0) is 45.7 Å². The molecule has 14 heavy (non-hydrogen) atoms. The summed E-state index contributed by atoms with van der Waals surface area (Å²) in [6, 6.07) is 4.07. The van der Waals surface area contributed by atoms with Crippen molar-refractivity contribution in [3.63, 3.8) is 0 Å². The first-order valence-corrected chi connectivity index (χ1v) is 6.58. The molecule has 0 aliphatic carbocycles. The third-order valence-electron chi connectivity index (χ3n) is 1.58. The Bertz CT molecular complexity index is 481. The van der Waals surface area contributed by atoms with E-state index in [-0.39, 0.29) is 10.5 Å². The Morgan fingerprint density at radius 3 is 2.36 bits per heavy atom. The average molecular weight is 298 g/mol. The highest BCUT2D eigenvalue weighted by molar-refractivity contribution is 9.10. The van der Waals surface area contributed by atoms with E-state index in [4.69, 9.17) is 11.6 Å². The predicted octanol–water partition coefficient (Wildman–Crippen LogP) is 2.23. The molecule has 0 bridgehead atoms. The molecule has 1 aromatic rings. The second-order valence-electron chi connectivity index (χ2n) is 2.69. The van der Waals surface area contributed by atoms with Crippen LogP contribution in [0.3, 0.4) is 0 Å². The van der Waals surface area contributed by atoms with Gasteiger partial charge < -0.3 is 0 Å². The molecular weight excluding hydrogens is 292 g/mol. The molecule has 0 spiro atoms. The molecule has 0 aliphatic rings. The van der Waals surface area contributed by atoms with E-state index in [2.05, 4.69) is 15.9 Å². The van der Waals surface area contributed by atoms with Crippen LogP contribution >= 0.6 is 27.5 Å². The van der Waals surface area contributed by atoms with Gasteiger partial charge in [-0.15, -0.1) is 0 Å². The minimum absolute atomic E-state index is 0.144. The fourth-order valence-electron chi connectivity index (χ4n) is 0.886. The molecule has 0 N–H and O–H groups in total. The normalized spacial score (nSPS) is 11.4. The smallest absolute Gasteiger partial charge is 0.253 e. The number of carbonyl (C=O) groups excluding carboxylic acids is 1. The van der Waals surface area contributed by atoms with Gasteiger partial charge in [0.25, 0.3) is 5.24 Å². The summed E-state index contributed by atoms with van der Waals surface area (Å²) >= 11 is 8.33. The fraction of sp³-hybridized carbons (Fsp3) is 0.125. The Kier molecular flexibility index (Phi) is 3.34. The maximum atomic E-state index is 11.1. The van der Waals surface area contributed by atoms with Crippen LogP contribution in [0.15, 0.2) is 27.6 Å². The largest absolute Gasteiger partial charge is 0.276 e. The van der Waals surface area contributed by atoms with Crippen LogP contribution < -0.4 is 0 Å². The van der Waals surface area contributed by atoms with Crippen LogP contribution in [0.2, 0.25) is 0 Å². The van der Waals surface area contributed by atoms with Crippen molar-refractivity contribution in [2.45, 2.75) is 4.90 Å². The Labute approximate surface area is 95.1 Å². The van der Waals surface area contributed by atoms with Gasteiger partial charge in [-0.2, -0.15) is 0 Å². The summed E-state index contributed by atoms with van der Waals surface area (Å²) in [5.41, 5.74) is 0.249. The lowest BCUT2D eigenvalue weighted by Crippen LogP contribution is -1.99. The molecule has 0 aliphatic heterocycles. The molecule has 6 heteroatoms. The van der Waals surface area contributed by atoms with E-state index in [0.717, 1.165) is 6.26 Å². The lowest BCUT2D eigenvalue weighted by Gasteiger charge is -2.01. The molecule has 0 aromatic heterocycles. The van der Waals surface area contributed by atoms with E-state index in [1.54, 1.807) is 0 Å². The molecule has 0 amide bonds. The van der Waals surface area contributed by atoms with Gasteiger partial charge in [0.2, 0.25) is 0 Å². The molecule has 0 fully saturated rings. The number of halogens is 2. The standard InChI is InChI=1S/C8H6BrClO3S/c1-14(12,13)5-2-3-6(8(10)11)7(9)4-5/h2-4H,1H3. The highest BCUT2D eigenvalue weighted by atomic mass is 79.9. The van der Waals surface area contributed by atoms with Crippen molar-refractivity contribution >= 4 is 42.6 Å². The Morgan fingerprint density at radius 1 is 1.43 bits per heavy atom. The highest BCUT2D eigenvalue weighted by Gasteiger charge is 2.12. The summed E-state index contributed by atoms with van der Waals surface area (Å²) in [5.74, 6) is 0. The first-order valence-electron chi connectivity index (χ1n) is 3.52. The Hall–Kier alpha value is -0.390. The van der Waals surface area contributed by atoms with Gasteiger partial charge in [0.1, 0.15) is 0 Å². The zero-order valence-corrected chi connectivity index (χ0v) is 10.3. The van der Waals surface area contributed by atoms with Crippen molar-refractivity contribution in [1.82, 2.24) is 0 Å². The summed E-state index contributed by atoms with van der Waals surface area (Å²) in [4.78, 5) is 11.0. The zero-order chi connectivity index (χ0) is 10.9. The highest BCUT2D eigenvalue weighted by Crippen LogP contribution is 2.22. The van der Waals surface area contributed by atoms with Crippen molar-refractivity contribution in [1.29, 1.82) is 0 Å². The van der Waals surface area contributed by atoms with Crippen LogP contribution in [0.1, 0.15) is 10.4 Å².